The van der Waals surface area contributed by atoms with Gasteiger partial charge in [-0.15, -0.1) is 0 Å². The third-order valence-corrected chi connectivity index (χ3v) is 3.27. The molecule has 0 radical (unpaired) electrons. The number of fused-ring (bicyclic) bond motifs is 1. The normalized spacial score (nSPS) is 23.7. The molecule has 2 aromatic rings. The molecule has 2 aromatic heterocycles. The molecule has 0 spiro atoms. The summed E-state index contributed by atoms with van der Waals surface area (Å²) in [6, 6.07) is 0.766. The molecule has 7 nitrogen and oxygen atoms in total. The number of carbonyl (C=O) groups is 1. The summed E-state index contributed by atoms with van der Waals surface area (Å²) in [5.74, 6) is 0. The van der Waals surface area contributed by atoms with Gasteiger partial charge in [-0.3, -0.25) is 0 Å². The molecule has 0 aliphatic carbocycles. The second-order valence-electron chi connectivity index (χ2n) is 4.32. The number of likely N-dealkylation sites (tertiary alicyclic amines) is 1. The fraction of sp³-hybridized carbons (Fsp3) is 0.364. The molecule has 1 fully saturated rings. The predicted octanol–water partition coefficient (Wildman–Crippen LogP) is -0.0843. The molecule has 0 bridgehead atoms. The van der Waals surface area contributed by atoms with Crippen LogP contribution in [0, 0.1) is 0 Å². The average Bonchev–Trinajstić information content (AvgIpc) is 2.92. The highest BCUT2D eigenvalue weighted by Crippen LogP contribution is 2.33. The van der Waals surface area contributed by atoms with Crippen LogP contribution >= 0.6 is 0 Å². The second kappa shape index (κ2) is 3.95. The minimum absolute atomic E-state index is 0.450. The first-order valence-electron chi connectivity index (χ1n) is 5.71. The molecule has 2 unspecified atom stereocenters. The molecular formula is C11H13N5O2. The number of nitrogens with zero attached hydrogens (tertiary/aromatic N) is 4. The number of aliphatic hydroxyl groups excluding tert-OH is 1. The summed E-state index contributed by atoms with van der Waals surface area (Å²) in [6.07, 6.45) is 4.92. The van der Waals surface area contributed by atoms with E-state index in [0.29, 0.717) is 18.6 Å². The molecule has 3 heterocycles. The number of primary amides is 1. The van der Waals surface area contributed by atoms with Crippen LogP contribution < -0.4 is 5.73 Å². The van der Waals surface area contributed by atoms with Gasteiger partial charge in [-0.1, -0.05) is 0 Å². The molecular weight excluding hydrogens is 234 g/mol. The molecule has 2 atom stereocenters. The van der Waals surface area contributed by atoms with Crippen molar-refractivity contribution in [1.82, 2.24) is 19.5 Å². The number of aromatic nitrogens is 3. The van der Waals surface area contributed by atoms with E-state index in [1.165, 1.54) is 4.90 Å². The number of aliphatic hydroxyl groups is 1. The summed E-state index contributed by atoms with van der Waals surface area (Å²) < 4.78 is 1.61. The van der Waals surface area contributed by atoms with Crippen LogP contribution in [0.2, 0.25) is 0 Å². The van der Waals surface area contributed by atoms with E-state index in [1.54, 1.807) is 29.2 Å². The number of hydrogen-bond donors (Lipinski definition) is 2. The first-order chi connectivity index (χ1) is 8.68. The van der Waals surface area contributed by atoms with Crippen LogP contribution in [0.3, 0.4) is 0 Å². The van der Waals surface area contributed by atoms with E-state index in [4.69, 9.17) is 5.73 Å². The molecule has 1 aliphatic rings. The molecule has 3 rings (SSSR count). The molecule has 0 aromatic carbocycles. The number of amides is 2. The van der Waals surface area contributed by atoms with Crippen molar-refractivity contribution in [3.05, 3.63) is 30.2 Å². The quantitative estimate of drug-likeness (QED) is 0.736. The van der Waals surface area contributed by atoms with Crippen LogP contribution in [-0.4, -0.2) is 43.3 Å². The Bertz CT molecular complexity index is 596. The van der Waals surface area contributed by atoms with Gasteiger partial charge in [-0.05, 0) is 12.5 Å². The maximum absolute atomic E-state index is 11.4. The van der Waals surface area contributed by atoms with E-state index in [9.17, 15) is 9.90 Å². The number of urea groups is 1. The molecule has 3 N–H and O–H groups in total. The Labute approximate surface area is 103 Å². The Morgan fingerprint density at radius 3 is 3.17 bits per heavy atom. The van der Waals surface area contributed by atoms with Crippen molar-refractivity contribution in [2.45, 2.75) is 18.6 Å². The average molecular weight is 247 g/mol. The number of rotatable bonds is 1. The second-order valence-corrected chi connectivity index (χ2v) is 4.32. The molecule has 7 heteroatoms. The van der Waals surface area contributed by atoms with Gasteiger partial charge in [0.05, 0.1) is 18.3 Å². The fourth-order valence-electron chi connectivity index (χ4n) is 2.45. The van der Waals surface area contributed by atoms with Crippen molar-refractivity contribution in [2.75, 3.05) is 6.54 Å². The molecule has 94 valence electrons. The van der Waals surface area contributed by atoms with Gasteiger partial charge in [0.25, 0.3) is 0 Å². The van der Waals surface area contributed by atoms with E-state index in [0.717, 1.165) is 5.56 Å². The summed E-state index contributed by atoms with van der Waals surface area (Å²) in [4.78, 5) is 17.1. The number of hydrogen-bond acceptors (Lipinski definition) is 4. The lowest BCUT2D eigenvalue weighted by Crippen LogP contribution is -2.37. The van der Waals surface area contributed by atoms with Gasteiger partial charge in [-0.2, -0.15) is 5.10 Å². The summed E-state index contributed by atoms with van der Waals surface area (Å²) in [5, 5.41) is 14.2. The summed E-state index contributed by atoms with van der Waals surface area (Å²) in [5.41, 5.74) is 6.68. The maximum Gasteiger partial charge on any atom is 0.315 e. The van der Waals surface area contributed by atoms with Gasteiger partial charge in [0.2, 0.25) is 0 Å². The Morgan fingerprint density at radius 2 is 2.39 bits per heavy atom. The van der Waals surface area contributed by atoms with Crippen molar-refractivity contribution in [3.8, 4) is 0 Å². The van der Waals surface area contributed by atoms with Crippen molar-refractivity contribution in [1.29, 1.82) is 0 Å². The van der Waals surface area contributed by atoms with Crippen LogP contribution in [-0.2, 0) is 0 Å². The van der Waals surface area contributed by atoms with Crippen molar-refractivity contribution >= 4 is 11.7 Å². The highest BCUT2D eigenvalue weighted by Gasteiger charge is 2.38. The summed E-state index contributed by atoms with van der Waals surface area (Å²) >= 11 is 0. The first-order valence-corrected chi connectivity index (χ1v) is 5.71. The largest absolute Gasteiger partial charge is 0.391 e. The third kappa shape index (κ3) is 1.52. The van der Waals surface area contributed by atoms with E-state index in [1.807, 2.05) is 0 Å². The first kappa shape index (κ1) is 11.0. The van der Waals surface area contributed by atoms with Gasteiger partial charge >= 0.3 is 6.03 Å². The van der Waals surface area contributed by atoms with Gasteiger partial charge in [0, 0.05) is 24.5 Å². The van der Waals surface area contributed by atoms with Gasteiger partial charge in [-0.25, -0.2) is 14.3 Å². The summed E-state index contributed by atoms with van der Waals surface area (Å²) in [7, 11) is 0. The van der Waals surface area contributed by atoms with Gasteiger partial charge in [0.1, 0.15) is 0 Å². The molecule has 1 aliphatic heterocycles. The molecule has 2 amide bonds. The SMILES string of the molecule is NC(=O)N1CCC(O)C1c1cnn2cccnc12. The minimum atomic E-state index is -0.632. The molecule has 1 saturated heterocycles. The Hall–Kier alpha value is -2.15. The Balaban J connectivity index is 2.10. The van der Waals surface area contributed by atoms with Crippen molar-refractivity contribution in [3.63, 3.8) is 0 Å². The van der Waals surface area contributed by atoms with E-state index >= 15 is 0 Å². The van der Waals surface area contributed by atoms with Crippen molar-refractivity contribution in [2.24, 2.45) is 5.73 Å². The van der Waals surface area contributed by atoms with E-state index in [-0.39, 0.29) is 0 Å². The van der Waals surface area contributed by atoms with Crippen molar-refractivity contribution < 1.29 is 9.90 Å². The smallest absolute Gasteiger partial charge is 0.315 e. The maximum atomic E-state index is 11.4. The molecule has 18 heavy (non-hydrogen) atoms. The minimum Gasteiger partial charge on any atom is -0.391 e. The Morgan fingerprint density at radius 1 is 1.56 bits per heavy atom. The highest BCUT2D eigenvalue weighted by molar-refractivity contribution is 5.73. The Kier molecular flexibility index (Phi) is 2.41. The van der Waals surface area contributed by atoms with E-state index in [2.05, 4.69) is 10.1 Å². The zero-order valence-corrected chi connectivity index (χ0v) is 9.60. The van der Waals surface area contributed by atoms with Crippen LogP contribution in [0.1, 0.15) is 18.0 Å². The fourth-order valence-corrected chi connectivity index (χ4v) is 2.45. The lowest BCUT2D eigenvalue weighted by molar-refractivity contribution is 0.126. The number of nitrogens with two attached hydrogens (primary N) is 1. The zero-order valence-electron chi connectivity index (χ0n) is 9.60. The predicted molar refractivity (Wildman–Crippen MR) is 62.6 cm³/mol. The molecule has 0 saturated carbocycles. The lowest BCUT2D eigenvalue weighted by Gasteiger charge is -2.23. The number of carbonyl (C=O) groups excluding carboxylic acids is 1. The van der Waals surface area contributed by atoms with Crippen LogP contribution in [0.25, 0.3) is 5.65 Å². The van der Waals surface area contributed by atoms with Gasteiger partial charge < -0.3 is 15.7 Å². The van der Waals surface area contributed by atoms with Crippen LogP contribution in [0.4, 0.5) is 4.79 Å². The lowest BCUT2D eigenvalue weighted by atomic mass is 10.1. The van der Waals surface area contributed by atoms with Crippen LogP contribution in [0.15, 0.2) is 24.7 Å². The van der Waals surface area contributed by atoms with Gasteiger partial charge in [0.15, 0.2) is 5.65 Å². The third-order valence-electron chi connectivity index (χ3n) is 3.27. The topological polar surface area (TPSA) is 96.8 Å². The highest BCUT2D eigenvalue weighted by atomic mass is 16.3. The zero-order chi connectivity index (χ0) is 12.7. The monoisotopic (exact) mass is 247 g/mol. The standard InChI is InChI=1S/C11H13N5O2/c12-11(18)15-5-2-8(17)9(15)7-6-14-16-4-1-3-13-10(7)16/h1,3-4,6,8-9,17H,2,5H2,(H2,12,18). The van der Waals surface area contributed by atoms with Crippen LogP contribution in [0.5, 0.6) is 0 Å². The van der Waals surface area contributed by atoms with E-state index < -0.39 is 18.2 Å². The summed E-state index contributed by atoms with van der Waals surface area (Å²) in [6.45, 7) is 0.450.